The van der Waals surface area contributed by atoms with Crippen molar-refractivity contribution in [3.63, 3.8) is 0 Å². The predicted octanol–water partition coefficient (Wildman–Crippen LogP) is 2.16. The number of carbonyl (C=O) groups excluding carboxylic acids is 1. The van der Waals surface area contributed by atoms with Gasteiger partial charge in [-0.05, 0) is 45.9 Å². The zero-order chi connectivity index (χ0) is 24.3. The number of ether oxygens (including phenoxy) is 1. The van der Waals surface area contributed by atoms with Gasteiger partial charge in [0.25, 0.3) is 11.2 Å². The quantitative estimate of drug-likeness (QED) is 0.305. The summed E-state index contributed by atoms with van der Waals surface area (Å²) in [4.78, 5) is 40.9. The maximum Gasteiger partial charge on any atom is 0.326 e. The molecule has 0 radical (unpaired) electrons. The van der Waals surface area contributed by atoms with Crippen LogP contribution in [0.4, 0.5) is 11.5 Å². The van der Waals surface area contributed by atoms with E-state index in [1.807, 2.05) is 13.8 Å². The van der Waals surface area contributed by atoms with Crippen LogP contribution in [0.2, 0.25) is 0 Å². The molecule has 174 valence electrons. The summed E-state index contributed by atoms with van der Waals surface area (Å²) >= 11 is 0. The number of benzene rings is 1. The molecule has 0 fully saturated rings. The molecule has 3 rings (SSSR count). The van der Waals surface area contributed by atoms with Gasteiger partial charge in [-0.1, -0.05) is 0 Å². The lowest BCUT2D eigenvalue weighted by atomic mass is 10.1. The maximum atomic E-state index is 13.2. The molecular formula is C20H24N8O5. The number of aromatic amines is 1. The van der Waals surface area contributed by atoms with E-state index in [1.165, 1.54) is 22.9 Å². The molecule has 0 unspecified atom stereocenters. The molecule has 0 aliphatic rings. The molecule has 13 heteroatoms. The van der Waals surface area contributed by atoms with Crippen LogP contribution in [0, 0.1) is 10.1 Å². The fourth-order valence-electron chi connectivity index (χ4n) is 3.03. The second-order valence-corrected chi connectivity index (χ2v) is 8.53. The first kappa shape index (κ1) is 23.5. The zero-order valence-corrected chi connectivity index (χ0v) is 18.8. The Bertz CT molecular complexity index is 1230. The molecule has 0 aliphatic carbocycles. The lowest BCUT2D eigenvalue weighted by Gasteiger charge is -2.21. The molecule has 0 aliphatic heterocycles. The number of aromatic nitrogens is 6. The number of tetrazole rings is 1. The monoisotopic (exact) mass is 456 g/mol. The van der Waals surface area contributed by atoms with Gasteiger partial charge in [0.1, 0.15) is 12.1 Å². The van der Waals surface area contributed by atoms with Crippen molar-refractivity contribution >= 4 is 17.5 Å². The average Bonchev–Trinajstić information content (AvgIpc) is 3.24. The number of nitrogens with one attached hydrogen (secondary N) is 2. The third-order valence-corrected chi connectivity index (χ3v) is 4.21. The summed E-state index contributed by atoms with van der Waals surface area (Å²) in [6.07, 6.45) is 1.37. The van der Waals surface area contributed by atoms with Crippen molar-refractivity contribution < 1.29 is 14.5 Å². The standard InChI is InChI=1S/C20H24N8O5/c1-11(2)22-18-19(30)27(10-16(29)33-20(3,4)5)15(9-21-18)12-6-13(17-23-25-26-24-17)8-14(7-12)28(31)32/h6-9,11H,10H2,1-5H3,(H,21,22)(H,23,24,25,26). The molecule has 1 aromatic carbocycles. The number of anilines is 1. The smallest absolute Gasteiger partial charge is 0.326 e. The lowest BCUT2D eigenvalue weighted by molar-refractivity contribution is -0.384. The highest BCUT2D eigenvalue weighted by Crippen LogP contribution is 2.29. The van der Waals surface area contributed by atoms with Crippen molar-refractivity contribution in [1.82, 2.24) is 30.2 Å². The average molecular weight is 456 g/mol. The Morgan fingerprint density at radius 3 is 2.55 bits per heavy atom. The Hall–Kier alpha value is -4.16. The molecule has 0 bridgehead atoms. The molecular weight excluding hydrogens is 432 g/mol. The summed E-state index contributed by atoms with van der Waals surface area (Å²) in [5.74, 6) is -0.468. The van der Waals surface area contributed by atoms with Crippen LogP contribution >= 0.6 is 0 Å². The van der Waals surface area contributed by atoms with Crippen LogP contribution in [-0.4, -0.2) is 52.7 Å². The van der Waals surface area contributed by atoms with Crippen LogP contribution in [0.25, 0.3) is 22.6 Å². The largest absolute Gasteiger partial charge is 0.459 e. The van der Waals surface area contributed by atoms with E-state index in [2.05, 4.69) is 30.9 Å². The van der Waals surface area contributed by atoms with Gasteiger partial charge < -0.3 is 10.1 Å². The van der Waals surface area contributed by atoms with Crippen molar-refractivity contribution in [2.45, 2.75) is 52.8 Å². The third kappa shape index (κ3) is 5.75. The summed E-state index contributed by atoms with van der Waals surface area (Å²) < 4.78 is 6.54. The summed E-state index contributed by atoms with van der Waals surface area (Å²) in [7, 11) is 0. The molecule has 0 saturated carbocycles. The Kier molecular flexibility index (Phi) is 6.51. The van der Waals surface area contributed by atoms with Crippen LogP contribution in [0.1, 0.15) is 34.6 Å². The number of hydrogen-bond acceptors (Lipinski definition) is 10. The third-order valence-electron chi connectivity index (χ3n) is 4.21. The normalized spacial score (nSPS) is 11.5. The lowest BCUT2D eigenvalue weighted by Crippen LogP contribution is -2.33. The fraction of sp³-hybridized carbons (Fsp3) is 0.400. The van der Waals surface area contributed by atoms with Gasteiger partial charge in [-0.25, -0.2) is 4.98 Å². The first-order valence-electron chi connectivity index (χ1n) is 10.1. The summed E-state index contributed by atoms with van der Waals surface area (Å²) in [5, 5.41) is 28.0. The molecule has 2 aromatic heterocycles. The molecule has 2 N–H and O–H groups in total. The molecule has 2 heterocycles. The minimum absolute atomic E-state index is 0.0427. The van der Waals surface area contributed by atoms with Gasteiger partial charge >= 0.3 is 5.97 Å². The number of carbonyl (C=O) groups is 1. The Morgan fingerprint density at radius 2 is 1.97 bits per heavy atom. The number of hydrogen-bond donors (Lipinski definition) is 2. The van der Waals surface area contributed by atoms with E-state index in [0.29, 0.717) is 5.56 Å². The first-order valence-corrected chi connectivity index (χ1v) is 10.1. The van der Waals surface area contributed by atoms with Crippen LogP contribution in [0.15, 0.2) is 29.2 Å². The molecule has 33 heavy (non-hydrogen) atoms. The van der Waals surface area contributed by atoms with Gasteiger partial charge in [0.05, 0.1) is 16.8 Å². The van der Waals surface area contributed by atoms with Gasteiger partial charge in [0, 0.05) is 29.3 Å². The minimum atomic E-state index is -0.760. The number of rotatable bonds is 7. The topological polar surface area (TPSA) is 171 Å². The van der Waals surface area contributed by atoms with Crippen LogP contribution in [-0.2, 0) is 16.1 Å². The van der Waals surface area contributed by atoms with Crippen molar-refractivity contribution in [1.29, 1.82) is 0 Å². The van der Waals surface area contributed by atoms with E-state index in [9.17, 15) is 19.7 Å². The Labute approximate surface area is 188 Å². The molecule has 0 spiro atoms. The van der Waals surface area contributed by atoms with Gasteiger partial charge in [-0.15, -0.1) is 10.2 Å². The number of nitrogens with zero attached hydrogens (tertiary/aromatic N) is 6. The van der Waals surface area contributed by atoms with Gasteiger partial charge in [-0.2, -0.15) is 5.21 Å². The zero-order valence-electron chi connectivity index (χ0n) is 18.8. The number of nitro benzene ring substituents is 1. The van der Waals surface area contributed by atoms with E-state index < -0.39 is 28.6 Å². The van der Waals surface area contributed by atoms with Crippen LogP contribution in [0.5, 0.6) is 0 Å². The first-order chi connectivity index (χ1) is 15.4. The highest BCUT2D eigenvalue weighted by Gasteiger charge is 2.22. The Morgan fingerprint density at radius 1 is 1.27 bits per heavy atom. The van der Waals surface area contributed by atoms with E-state index >= 15 is 0 Å². The molecule has 13 nitrogen and oxygen atoms in total. The number of nitro groups is 1. The van der Waals surface area contributed by atoms with Crippen LogP contribution < -0.4 is 10.9 Å². The van der Waals surface area contributed by atoms with Crippen molar-refractivity contribution in [2.24, 2.45) is 0 Å². The van der Waals surface area contributed by atoms with Gasteiger partial charge in [0.15, 0.2) is 5.82 Å². The molecule has 0 saturated heterocycles. The highest BCUT2D eigenvalue weighted by atomic mass is 16.6. The Balaban J connectivity index is 2.19. The second kappa shape index (κ2) is 9.14. The van der Waals surface area contributed by atoms with Crippen molar-refractivity contribution in [3.05, 3.63) is 44.9 Å². The molecule has 0 atom stereocenters. The summed E-state index contributed by atoms with van der Waals surface area (Å²) in [5.41, 5.74) is -0.826. The number of H-pyrrole nitrogens is 1. The number of non-ortho nitro benzene ring substituents is 1. The van der Waals surface area contributed by atoms with Crippen molar-refractivity contribution in [3.8, 4) is 22.6 Å². The second-order valence-electron chi connectivity index (χ2n) is 8.53. The van der Waals surface area contributed by atoms with E-state index in [1.54, 1.807) is 26.8 Å². The van der Waals surface area contributed by atoms with Crippen molar-refractivity contribution in [2.75, 3.05) is 5.32 Å². The SMILES string of the molecule is CC(C)Nc1ncc(-c2cc(-c3nn[nH]n3)cc([N+](=O)[O-])c2)n(CC(=O)OC(C)(C)C)c1=O. The van der Waals surface area contributed by atoms with E-state index in [-0.39, 0.29) is 34.6 Å². The maximum absolute atomic E-state index is 13.2. The summed E-state index contributed by atoms with van der Waals surface area (Å²) in [6.45, 7) is 8.40. The highest BCUT2D eigenvalue weighted by molar-refractivity contribution is 5.74. The van der Waals surface area contributed by atoms with E-state index in [0.717, 1.165) is 0 Å². The minimum Gasteiger partial charge on any atom is -0.459 e. The van der Waals surface area contributed by atoms with Gasteiger partial charge in [0.2, 0.25) is 5.82 Å². The van der Waals surface area contributed by atoms with Crippen LogP contribution in [0.3, 0.4) is 0 Å². The number of esters is 1. The molecule has 3 aromatic rings. The van der Waals surface area contributed by atoms with E-state index in [4.69, 9.17) is 4.74 Å². The molecule has 0 amide bonds. The predicted molar refractivity (Wildman–Crippen MR) is 118 cm³/mol. The van der Waals surface area contributed by atoms with Gasteiger partial charge in [-0.3, -0.25) is 24.3 Å². The summed E-state index contributed by atoms with van der Waals surface area (Å²) in [6, 6.07) is 4.03. The fourth-order valence-corrected chi connectivity index (χ4v) is 3.03.